The highest BCUT2D eigenvalue weighted by molar-refractivity contribution is 5.96. The Morgan fingerprint density at radius 3 is 2.23 bits per heavy atom. The van der Waals surface area contributed by atoms with Gasteiger partial charge < -0.3 is 25.3 Å². The molecular weight excluding hydrogens is 488 g/mol. The maximum Gasteiger partial charge on any atom is 0.251 e. The van der Waals surface area contributed by atoms with Gasteiger partial charge in [0.1, 0.15) is 17.2 Å². The van der Waals surface area contributed by atoms with Crippen molar-refractivity contribution in [2.45, 2.75) is 75.5 Å². The van der Waals surface area contributed by atoms with Crippen molar-refractivity contribution in [3.05, 3.63) is 77.9 Å². The highest BCUT2D eigenvalue weighted by Crippen LogP contribution is 2.35. The minimum atomic E-state index is -0.0459. The SMILES string of the molecule is COc1cccc(-c2cc(C(=O)NC3CCC(c4ccc(OC5CCC(N)CC5)cc4)CC3)ccc2OC)c1. The van der Waals surface area contributed by atoms with Crippen LogP contribution in [0, 0.1) is 0 Å². The van der Waals surface area contributed by atoms with E-state index in [0.717, 1.165) is 79.7 Å². The van der Waals surface area contributed by atoms with Gasteiger partial charge in [-0.05, 0) is 111 Å². The number of methoxy groups -OCH3 is 2. The van der Waals surface area contributed by atoms with E-state index in [1.54, 1.807) is 14.2 Å². The highest BCUT2D eigenvalue weighted by atomic mass is 16.5. The zero-order valence-electron chi connectivity index (χ0n) is 23.0. The minimum Gasteiger partial charge on any atom is -0.497 e. The van der Waals surface area contributed by atoms with Gasteiger partial charge in [-0.3, -0.25) is 4.79 Å². The molecule has 3 N–H and O–H groups in total. The molecule has 2 saturated carbocycles. The molecule has 6 heteroatoms. The fraction of sp³-hybridized carbons (Fsp3) is 0.424. The Balaban J connectivity index is 1.16. The normalized spacial score (nSPS) is 23.1. The van der Waals surface area contributed by atoms with Crippen LogP contribution in [0.4, 0.5) is 0 Å². The van der Waals surface area contributed by atoms with Gasteiger partial charge in [-0.15, -0.1) is 0 Å². The second-order valence-electron chi connectivity index (χ2n) is 10.9. The van der Waals surface area contributed by atoms with Crippen LogP contribution >= 0.6 is 0 Å². The van der Waals surface area contributed by atoms with Gasteiger partial charge in [-0.2, -0.15) is 0 Å². The molecule has 3 aromatic carbocycles. The van der Waals surface area contributed by atoms with Crippen LogP contribution in [-0.2, 0) is 0 Å². The molecule has 2 fully saturated rings. The predicted molar refractivity (Wildman–Crippen MR) is 155 cm³/mol. The number of carbonyl (C=O) groups excluding carboxylic acids is 1. The van der Waals surface area contributed by atoms with Crippen LogP contribution in [0.1, 0.15) is 73.2 Å². The number of nitrogens with one attached hydrogen (secondary N) is 1. The molecule has 5 rings (SSSR count). The molecule has 39 heavy (non-hydrogen) atoms. The number of hydrogen-bond acceptors (Lipinski definition) is 5. The van der Waals surface area contributed by atoms with E-state index < -0.39 is 0 Å². The number of amides is 1. The lowest BCUT2D eigenvalue weighted by molar-refractivity contribution is 0.0925. The molecular formula is C33H40N2O4. The average Bonchev–Trinajstić information content (AvgIpc) is 2.99. The van der Waals surface area contributed by atoms with Crippen molar-refractivity contribution in [3.8, 4) is 28.4 Å². The summed E-state index contributed by atoms with van der Waals surface area (Å²) < 4.78 is 17.1. The van der Waals surface area contributed by atoms with Gasteiger partial charge in [0.2, 0.25) is 0 Å². The third-order valence-corrected chi connectivity index (χ3v) is 8.28. The van der Waals surface area contributed by atoms with E-state index in [-0.39, 0.29) is 18.1 Å². The molecule has 0 bridgehead atoms. The van der Waals surface area contributed by atoms with Crippen molar-refractivity contribution >= 4 is 5.91 Å². The largest absolute Gasteiger partial charge is 0.497 e. The van der Waals surface area contributed by atoms with E-state index in [2.05, 4.69) is 29.6 Å². The molecule has 0 atom stereocenters. The fourth-order valence-electron chi connectivity index (χ4n) is 5.92. The summed E-state index contributed by atoms with van der Waals surface area (Å²) in [4.78, 5) is 13.2. The maximum atomic E-state index is 13.2. The van der Waals surface area contributed by atoms with Crippen molar-refractivity contribution in [2.24, 2.45) is 5.73 Å². The van der Waals surface area contributed by atoms with Gasteiger partial charge in [0.05, 0.1) is 20.3 Å². The lowest BCUT2D eigenvalue weighted by atomic mass is 9.81. The summed E-state index contributed by atoms with van der Waals surface area (Å²) in [6.07, 6.45) is 8.51. The van der Waals surface area contributed by atoms with E-state index in [9.17, 15) is 4.79 Å². The molecule has 3 aromatic rings. The van der Waals surface area contributed by atoms with E-state index in [4.69, 9.17) is 19.9 Å². The second kappa shape index (κ2) is 12.6. The number of carbonyl (C=O) groups is 1. The number of rotatable bonds is 8. The quantitative estimate of drug-likeness (QED) is 0.350. The molecule has 0 aliphatic heterocycles. The summed E-state index contributed by atoms with van der Waals surface area (Å²) in [5.74, 6) is 2.90. The van der Waals surface area contributed by atoms with Crippen LogP contribution in [0.25, 0.3) is 11.1 Å². The monoisotopic (exact) mass is 528 g/mol. The Labute approximate surface area is 231 Å². The van der Waals surface area contributed by atoms with Crippen LogP contribution in [0.3, 0.4) is 0 Å². The Morgan fingerprint density at radius 1 is 0.795 bits per heavy atom. The lowest BCUT2D eigenvalue weighted by Gasteiger charge is -2.30. The summed E-state index contributed by atoms with van der Waals surface area (Å²) in [6, 6.07) is 22.5. The van der Waals surface area contributed by atoms with Crippen molar-refractivity contribution in [1.29, 1.82) is 0 Å². The van der Waals surface area contributed by atoms with Gasteiger partial charge in [0.15, 0.2) is 0 Å². The van der Waals surface area contributed by atoms with Gasteiger partial charge in [0.25, 0.3) is 5.91 Å². The zero-order chi connectivity index (χ0) is 27.2. The number of ether oxygens (including phenoxy) is 3. The fourth-order valence-corrected chi connectivity index (χ4v) is 5.92. The lowest BCUT2D eigenvalue weighted by Crippen LogP contribution is -2.37. The number of hydrogen-bond donors (Lipinski definition) is 2. The van der Waals surface area contributed by atoms with Crippen LogP contribution in [0.15, 0.2) is 66.7 Å². The first-order chi connectivity index (χ1) is 19.0. The second-order valence-corrected chi connectivity index (χ2v) is 10.9. The molecule has 2 aliphatic carbocycles. The maximum absolute atomic E-state index is 13.2. The summed E-state index contributed by atoms with van der Waals surface area (Å²) in [6.45, 7) is 0. The van der Waals surface area contributed by atoms with Crippen molar-refractivity contribution in [1.82, 2.24) is 5.32 Å². The summed E-state index contributed by atoms with van der Waals surface area (Å²) in [5, 5.41) is 3.27. The summed E-state index contributed by atoms with van der Waals surface area (Å²) >= 11 is 0. The highest BCUT2D eigenvalue weighted by Gasteiger charge is 2.25. The van der Waals surface area contributed by atoms with E-state index in [0.29, 0.717) is 17.5 Å². The molecule has 1 amide bonds. The van der Waals surface area contributed by atoms with Gasteiger partial charge in [0, 0.05) is 23.2 Å². The first-order valence-electron chi connectivity index (χ1n) is 14.2. The van der Waals surface area contributed by atoms with Crippen LogP contribution in [-0.4, -0.2) is 38.3 Å². The third-order valence-electron chi connectivity index (χ3n) is 8.28. The Hall–Kier alpha value is -3.51. The van der Waals surface area contributed by atoms with Crippen LogP contribution in [0.5, 0.6) is 17.2 Å². The molecule has 6 nitrogen and oxygen atoms in total. The molecule has 0 radical (unpaired) electrons. The molecule has 0 heterocycles. The average molecular weight is 529 g/mol. The Bertz CT molecular complexity index is 1240. The van der Waals surface area contributed by atoms with E-state index >= 15 is 0 Å². The van der Waals surface area contributed by atoms with Crippen LogP contribution < -0.4 is 25.3 Å². The predicted octanol–water partition coefficient (Wildman–Crippen LogP) is 6.48. The van der Waals surface area contributed by atoms with Crippen molar-refractivity contribution in [3.63, 3.8) is 0 Å². The molecule has 0 unspecified atom stereocenters. The Morgan fingerprint density at radius 2 is 1.54 bits per heavy atom. The first kappa shape index (κ1) is 27.1. The van der Waals surface area contributed by atoms with Crippen molar-refractivity contribution in [2.75, 3.05) is 14.2 Å². The smallest absolute Gasteiger partial charge is 0.251 e. The Kier molecular flexibility index (Phi) is 8.72. The standard InChI is InChI=1S/C33H40N2O4/c1-37-30-5-3-4-24(20-30)31-21-25(10-19-32(31)38-2)33(36)35-27-13-6-22(7-14-27)23-8-15-28(16-9-23)39-29-17-11-26(34)12-18-29/h3-5,8-10,15-16,19-22,26-27,29H,6-7,11-14,17-18,34H2,1-2H3,(H,35,36). The molecule has 206 valence electrons. The number of nitrogens with two attached hydrogens (primary N) is 1. The summed E-state index contributed by atoms with van der Waals surface area (Å²) in [5.41, 5.74) is 9.82. The number of benzene rings is 3. The van der Waals surface area contributed by atoms with E-state index in [1.807, 2.05) is 42.5 Å². The molecule has 0 aromatic heterocycles. The van der Waals surface area contributed by atoms with Gasteiger partial charge in [-0.25, -0.2) is 0 Å². The zero-order valence-corrected chi connectivity index (χ0v) is 23.0. The molecule has 2 aliphatic rings. The summed E-state index contributed by atoms with van der Waals surface area (Å²) in [7, 11) is 3.29. The minimum absolute atomic E-state index is 0.0459. The third kappa shape index (κ3) is 6.74. The molecule has 0 spiro atoms. The van der Waals surface area contributed by atoms with Crippen LogP contribution in [0.2, 0.25) is 0 Å². The van der Waals surface area contributed by atoms with Gasteiger partial charge >= 0.3 is 0 Å². The van der Waals surface area contributed by atoms with Crippen molar-refractivity contribution < 1.29 is 19.0 Å². The van der Waals surface area contributed by atoms with E-state index in [1.165, 1.54) is 5.56 Å². The first-order valence-corrected chi connectivity index (χ1v) is 14.2. The van der Waals surface area contributed by atoms with Gasteiger partial charge in [-0.1, -0.05) is 24.3 Å². The topological polar surface area (TPSA) is 82.8 Å². The molecule has 0 saturated heterocycles.